The highest BCUT2D eigenvalue weighted by molar-refractivity contribution is 6.32. The largest absolute Gasteiger partial charge is 0.454 e. The number of halogens is 1. The van der Waals surface area contributed by atoms with E-state index < -0.39 is 12.1 Å². The van der Waals surface area contributed by atoms with Crippen LogP contribution in [0.5, 0.6) is 11.5 Å². The van der Waals surface area contributed by atoms with Gasteiger partial charge in [-0.3, -0.25) is 4.79 Å². The summed E-state index contributed by atoms with van der Waals surface area (Å²) < 4.78 is 15.7. The minimum atomic E-state index is -0.897. The van der Waals surface area contributed by atoms with E-state index in [-0.39, 0.29) is 12.7 Å². The lowest BCUT2D eigenvalue weighted by atomic mass is 10.2. The van der Waals surface area contributed by atoms with Gasteiger partial charge in [-0.25, -0.2) is 4.79 Å². The first-order valence-electron chi connectivity index (χ1n) is 8.71. The van der Waals surface area contributed by atoms with Gasteiger partial charge in [-0.2, -0.15) is 0 Å². The number of likely N-dealkylation sites (N-methyl/N-ethyl adjacent to an activating group) is 1. The molecule has 0 saturated heterocycles. The molecule has 0 bridgehead atoms. The van der Waals surface area contributed by atoms with Crippen molar-refractivity contribution in [1.82, 2.24) is 4.90 Å². The first-order valence-corrected chi connectivity index (χ1v) is 9.08. The predicted molar refractivity (Wildman–Crippen MR) is 105 cm³/mol. The third kappa shape index (κ3) is 4.84. The maximum absolute atomic E-state index is 12.4. The third-order valence-corrected chi connectivity index (χ3v) is 4.42. The minimum absolute atomic E-state index is 0.111. The third-order valence-electron chi connectivity index (χ3n) is 4.14. The quantitative estimate of drug-likeness (QED) is 0.545. The molecule has 0 aliphatic carbocycles. The van der Waals surface area contributed by atoms with Gasteiger partial charge in [0.15, 0.2) is 17.6 Å². The smallest absolute Gasteiger partial charge is 0.331 e. The Labute approximate surface area is 168 Å². The molecule has 146 valence electrons. The van der Waals surface area contributed by atoms with Crippen LogP contribution in [0.25, 0.3) is 6.08 Å². The van der Waals surface area contributed by atoms with Crippen molar-refractivity contribution < 1.29 is 23.8 Å². The number of nitrogens with zero attached hydrogens (tertiary/aromatic N) is 1. The van der Waals surface area contributed by atoms with Gasteiger partial charge in [0.2, 0.25) is 6.79 Å². The number of rotatable bonds is 6. The van der Waals surface area contributed by atoms with E-state index in [0.717, 1.165) is 5.56 Å². The Kier molecular flexibility index (Phi) is 6.21. The molecule has 3 rings (SSSR count). The minimum Gasteiger partial charge on any atom is -0.454 e. The summed E-state index contributed by atoms with van der Waals surface area (Å²) in [6, 6.07) is 12.9. The highest BCUT2D eigenvalue weighted by atomic mass is 35.5. The number of hydrogen-bond donors (Lipinski definition) is 0. The number of fused-ring (bicyclic) bond motifs is 1. The average molecular weight is 402 g/mol. The standard InChI is InChI=1S/C21H20ClNO5/c1-14(21(25)23(2)12-15-6-4-3-5-7-15)28-19(24)9-8-16-10-17(22)20-18(11-16)26-13-27-20/h3-11,14H,12-13H2,1-2H3/b9-8+/t14-/m0/s1. The predicted octanol–water partition coefficient (Wildman–Crippen LogP) is 3.67. The van der Waals surface area contributed by atoms with Crippen LogP contribution in [-0.2, 0) is 20.9 Å². The van der Waals surface area contributed by atoms with E-state index in [0.29, 0.717) is 28.6 Å². The Morgan fingerprint density at radius 2 is 2.00 bits per heavy atom. The molecule has 1 aliphatic rings. The highest BCUT2D eigenvalue weighted by Gasteiger charge is 2.21. The van der Waals surface area contributed by atoms with Crippen molar-refractivity contribution in [2.24, 2.45) is 0 Å². The van der Waals surface area contributed by atoms with E-state index in [4.69, 9.17) is 25.8 Å². The Morgan fingerprint density at radius 3 is 2.75 bits per heavy atom. The lowest BCUT2D eigenvalue weighted by Crippen LogP contribution is -2.36. The molecular weight excluding hydrogens is 382 g/mol. The van der Waals surface area contributed by atoms with Crippen LogP contribution < -0.4 is 9.47 Å². The molecule has 0 saturated carbocycles. The molecule has 2 aromatic carbocycles. The summed E-state index contributed by atoms with van der Waals surface area (Å²) in [6.45, 7) is 2.10. The summed E-state index contributed by atoms with van der Waals surface area (Å²) in [7, 11) is 1.67. The van der Waals surface area contributed by atoms with Gasteiger partial charge < -0.3 is 19.1 Å². The lowest BCUT2D eigenvalue weighted by Gasteiger charge is -2.21. The zero-order chi connectivity index (χ0) is 20.1. The van der Waals surface area contributed by atoms with Gasteiger partial charge in [0.1, 0.15) is 0 Å². The number of carbonyl (C=O) groups excluding carboxylic acids is 2. The fraction of sp³-hybridized carbons (Fsp3) is 0.238. The fourth-order valence-corrected chi connectivity index (χ4v) is 3.03. The Balaban J connectivity index is 1.56. The first-order chi connectivity index (χ1) is 13.4. The lowest BCUT2D eigenvalue weighted by molar-refractivity contribution is -0.154. The summed E-state index contributed by atoms with van der Waals surface area (Å²) in [6.07, 6.45) is 1.89. The van der Waals surface area contributed by atoms with E-state index in [1.807, 2.05) is 30.3 Å². The maximum atomic E-state index is 12.4. The second-order valence-corrected chi connectivity index (χ2v) is 6.74. The topological polar surface area (TPSA) is 65.1 Å². The van der Waals surface area contributed by atoms with Gasteiger partial charge in [-0.1, -0.05) is 41.9 Å². The molecule has 1 atom stereocenters. The van der Waals surface area contributed by atoms with Crippen LogP contribution in [0, 0.1) is 0 Å². The summed E-state index contributed by atoms with van der Waals surface area (Å²) in [5.41, 5.74) is 1.66. The van der Waals surface area contributed by atoms with E-state index in [1.165, 1.54) is 11.0 Å². The summed E-state index contributed by atoms with van der Waals surface area (Å²) >= 11 is 6.11. The maximum Gasteiger partial charge on any atom is 0.331 e. The molecule has 6 nitrogen and oxygen atoms in total. The van der Waals surface area contributed by atoms with E-state index in [2.05, 4.69) is 0 Å². The van der Waals surface area contributed by atoms with Crippen molar-refractivity contribution in [3.8, 4) is 11.5 Å². The SMILES string of the molecule is C[C@H](OC(=O)/C=C/c1cc(Cl)c2c(c1)OCO2)C(=O)N(C)Cc1ccccc1. The second kappa shape index (κ2) is 8.80. The molecule has 1 heterocycles. The van der Waals surface area contributed by atoms with Crippen molar-refractivity contribution in [2.45, 2.75) is 19.6 Å². The molecule has 0 unspecified atom stereocenters. The van der Waals surface area contributed by atoms with Crippen LogP contribution in [0.15, 0.2) is 48.5 Å². The molecule has 0 spiro atoms. The van der Waals surface area contributed by atoms with Gasteiger partial charge in [0.05, 0.1) is 5.02 Å². The molecule has 0 aromatic heterocycles. The zero-order valence-electron chi connectivity index (χ0n) is 15.6. The van der Waals surface area contributed by atoms with Crippen molar-refractivity contribution in [3.05, 3.63) is 64.7 Å². The molecule has 1 amide bonds. The number of amides is 1. The van der Waals surface area contributed by atoms with E-state index in [9.17, 15) is 9.59 Å². The fourth-order valence-electron chi connectivity index (χ4n) is 2.76. The van der Waals surface area contributed by atoms with E-state index >= 15 is 0 Å². The van der Waals surface area contributed by atoms with Crippen LogP contribution in [0.1, 0.15) is 18.1 Å². The molecule has 0 N–H and O–H groups in total. The van der Waals surface area contributed by atoms with Gasteiger partial charge in [-0.15, -0.1) is 0 Å². The normalized spacial score (nSPS) is 13.4. The van der Waals surface area contributed by atoms with Crippen LogP contribution in [0.3, 0.4) is 0 Å². The van der Waals surface area contributed by atoms with Gasteiger partial charge >= 0.3 is 5.97 Å². The van der Waals surface area contributed by atoms with Crippen molar-refractivity contribution in [3.63, 3.8) is 0 Å². The van der Waals surface area contributed by atoms with Gasteiger partial charge in [-0.05, 0) is 36.3 Å². The Hall–Kier alpha value is -2.99. The summed E-state index contributed by atoms with van der Waals surface area (Å²) in [5, 5.41) is 0.397. The number of benzene rings is 2. The molecular formula is C21H20ClNO5. The molecule has 28 heavy (non-hydrogen) atoms. The first kappa shape index (κ1) is 19.8. The molecule has 0 fully saturated rings. The van der Waals surface area contributed by atoms with Crippen LogP contribution >= 0.6 is 11.6 Å². The van der Waals surface area contributed by atoms with Crippen LogP contribution in [-0.4, -0.2) is 36.7 Å². The molecule has 2 aromatic rings. The Bertz CT molecular complexity index is 897. The monoisotopic (exact) mass is 401 g/mol. The number of carbonyl (C=O) groups is 2. The summed E-state index contributed by atoms with van der Waals surface area (Å²) in [4.78, 5) is 26.0. The summed E-state index contributed by atoms with van der Waals surface area (Å²) in [5.74, 6) is 0.105. The van der Waals surface area contributed by atoms with Crippen molar-refractivity contribution in [1.29, 1.82) is 0 Å². The second-order valence-electron chi connectivity index (χ2n) is 6.33. The van der Waals surface area contributed by atoms with Crippen molar-refractivity contribution >= 4 is 29.6 Å². The average Bonchev–Trinajstić information content (AvgIpc) is 3.15. The van der Waals surface area contributed by atoms with Gasteiger partial charge in [0.25, 0.3) is 5.91 Å². The van der Waals surface area contributed by atoms with Crippen LogP contribution in [0.2, 0.25) is 5.02 Å². The highest BCUT2D eigenvalue weighted by Crippen LogP contribution is 2.40. The molecule has 1 aliphatic heterocycles. The number of esters is 1. The molecule has 0 radical (unpaired) electrons. The zero-order valence-corrected chi connectivity index (χ0v) is 16.3. The van der Waals surface area contributed by atoms with Gasteiger partial charge in [0, 0.05) is 19.7 Å². The van der Waals surface area contributed by atoms with Crippen molar-refractivity contribution in [2.75, 3.05) is 13.8 Å². The van der Waals surface area contributed by atoms with E-state index in [1.54, 1.807) is 32.2 Å². The van der Waals surface area contributed by atoms with Crippen LogP contribution in [0.4, 0.5) is 0 Å². The number of ether oxygens (including phenoxy) is 3. The number of hydrogen-bond acceptors (Lipinski definition) is 5. The Morgan fingerprint density at radius 1 is 1.25 bits per heavy atom. The molecule has 7 heteroatoms.